The molecule has 0 aromatic heterocycles. The van der Waals surface area contributed by atoms with Crippen molar-refractivity contribution in [1.82, 2.24) is 4.90 Å². The molecule has 1 N–H and O–H groups in total. The first kappa shape index (κ1) is 14.1. The van der Waals surface area contributed by atoms with Gasteiger partial charge in [-0.1, -0.05) is 44.2 Å². The smallest absolute Gasteiger partial charge is 0.304 e. The van der Waals surface area contributed by atoms with E-state index < -0.39 is 5.97 Å². The van der Waals surface area contributed by atoms with Crippen molar-refractivity contribution in [3.63, 3.8) is 0 Å². The zero-order chi connectivity index (χ0) is 13.8. The van der Waals surface area contributed by atoms with Crippen LogP contribution in [0.3, 0.4) is 0 Å². The minimum Gasteiger partial charge on any atom is -0.481 e. The van der Waals surface area contributed by atoms with Crippen molar-refractivity contribution >= 4 is 5.97 Å². The van der Waals surface area contributed by atoms with Crippen molar-refractivity contribution in [2.75, 3.05) is 6.54 Å². The Balaban J connectivity index is 2.21. The first-order valence-electron chi connectivity index (χ1n) is 7.12. The van der Waals surface area contributed by atoms with E-state index in [9.17, 15) is 4.79 Å². The predicted octanol–water partition coefficient (Wildman–Crippen LogP) is 3.32. The molecule has 1 aliphatic rings. The average Bonchev–Trinajstić information content (AvgIpc) is 2.78. The second-order valence-corrected chi connectivity index (χ2v) is 5.73. The molecule has 3 heteroatoms. The Morgan fingerprint density at radius 2 is 2.05 bits per heavy atom. The molecule has 2 unspecified atom stereocenters. The number of nitrogens with zero attached hydrogens (tertiary/aromatic N) is 1. The molecule has 19 heavy (non-hydrogen) atoms. The summed E-state index contributed by atoms with van der Waals surface area (Å²) in [6.45, 7) is 5.44. The van der Waals surface area contributed by atoms with E-state index in [2.05, 4.69) is 43.0 Å². The topological polar surface area (TPSA) is 40.5 Å². The Labute approximate surface area is 115 Å². The molecule has 3 nitrogen and oxygen atoms in total. The maximum Gasteiger partial charge on any atom is 0.304 e. The van der Waals surface area contributed by atoms with E-state index in [1.165, 1.54) is 5.56 Å². The molecule has 2 atom stereocenters. The van der Waals surface area contributed by atoms with E-state index in [1.54, 1.807) is 0 Å². The minimum absolute atomic E-state index is 0.185. The average molecular weight is 261 g/mol. The van der Waals surface area contributed by atoms with Crippen LogP contribution in [-0.4, -0.2) is 28.6 Å². The third-order valence-electron chi connectivity index (χ3n) is 3.96. The summed E-state index contributed by atoms with van der Waals surface area (Å²) in [6, 6.07) is 11.0. The van der Waals surface area contributed by atoms with E-state index in [1.807, 2.05) is 6.07 Å². The van der Waals surface area contributed by atoms with Crippen molar-refractivity contribution < 1.29 is 9.90 Å². The first-order valence-corrected chi connectivity index (χ1v) is 7.12. The van der Waals surface area contributed by atoms with Crippen LogP contribution in [0, 0.1) is 5.92 Å². The number of benzene rings is 1. The van der Waals surface area contributed by atoms with E-state index in [4.69, 9.17) is 5.11 Å². The summed E-state index contributed by atoms with van der Waals surface area (Å²) in [5.41, 5.74) is 1.30. The van der Waals surface area contributed by atoms with E-state index in [-0.39, 0.29) is 12.5 Å². The summed E-state index contributed by atoms with van der Waals surface area (Å²) in [4.78, 5) is 13.4. The van der Waals surface area contributed by atoms with Gasteiger partial charge in [0.15, 0.2) is 0 Å². The lowest BCUT2D eigenvalue weighted by Crippen LogP contribution is -2.37. The highest BCUT2D eigenvalue weighted by atomic mass is 16.4. The van der Waals surface area contributed by atoms with Crippen LogP contribution in [0.4, 0.5) is 0 Å². The van der Waals surface area contributed by atoms with Gasteiger partial charge in [-0.25, -0.2) is 0 Å². The molecule has 0 spiro atoms. The molecule has 1 heterocycles. The summed E-state index contributed by atoms with van der Waals surface area (Å²) in [5, 5.41) is 9.06. The molecule has 1 fully saturated rings. The highest BCUT2D eigenvalue weighted by molar-refractivity contribution is 5.67. The highest BCUT2D eigenvalue weighted by Gasteiger charge is 2.34. The molecule has 104 valence electrons. The van der Waals surface area contributed by atoms with E-state index in [0.29, 0.717) is 12.0 Å². The molecule has 0 aliphatic carbocycles. The van der Waals surface area contributed by atoms with Gasteiger partial charge in [-0.2, -0.15) is 0 Å². The van der Waals surface area contributed by atoms with Gasteiger partial charge in [0.2, 0.25) is 0 Å². The van der Waals surface area contributed by atoms with Crippen LogP contribution in [0.5, 0.6) is 0 Å². The molecule has 2 rings (SSSR count). The normalized spacial score (nSPS) is 21.7. The van der Waals surface area contributed by atoms with Gasteiger partial charge < -0.3 is 5.11 Å². The maximum atomic E-state index is 11.0. The molecular weight excluding hydrogens is 238 g/mol. The van der Waals surface area contributed by atoms with Crippen molar-refractivity contribution in [2.45, 2.75) is 45.2 Å². The summed E-state index contributed by atoms with van der Waals surface area (Å²) < 4.78 is 0. The van der Waals surface area contributed by atoms with Crippen LogP contribution in [-0.2, 0) is 4.79 Å². The number of aliphatic carboxylic acids is 1. The molecule has 0 radical (unpaired) electrons. The third-order valence-corrected chi connectivity index (χ3v) is 3.96. The van der Waals surface area contributed by atoms with Crippen molar-refractivity contribution in [2.24, 2.45) is 5.92 Å². The molecule has 1 aromatic carbocycles. The van der Waals surface area contributed by atoms with Gasteiger partial charge in [0.05, 0.1) is 6.42 Å². The van der Waals surface area contributed by atoms with Gasteiger partial charge in [0, 0.05) is 12.1 Å². The van der Waals surface area contributed by atoms with Crippen molar-refractivity contribution in [1.29, 1.82) is 0 Å². The fourth-order valence-corrected chi connectivity index (χ4v) is 3.25. The van der Waals surface area contributed by atoms with Gasteiger partial charge >= 0.3 is 5.97 Å². The third kappa shape index (κ3) is 3.35. The quantitative estimate of drug-likeness (QED) is 0.884. The molecule has 0 amide bonds. The van der Waals surface area contributed by atoms with Gasteiger partial charge in [-0.05, 0) is 30.9 Å². The van der Waals surface area contributed by atoms with Gasteiger partial charge in [-0.3, -0.25) is 9.69 Å². The van der Waals surface area contributed by atoms with E-state index >= 15 is 0 Å². The minimum atomic E-state index is -0.688. The highest BCUT2D eigenvalue weighted by Crippen LogP contribution is 2.35. The number of carboxylic acids is 1. The Bertz CT molecular complexity index is 416. The van der Waals surface area contributed by atoms with Crippen LogP contribution in [0.1, 0.15) is 44.7 Å². The number of carbonyl (C=O) groups is 1. The van der Waals surface area contributed by atoms with Crippen LogP contribution in [0.25, 0.3) is 0 Å². The Kier molecular flexibility index (Phi) is 4.59. The molecular formula is C16H23NO2. The number of likely N-dealkylation sites (tertiary alicyclic amines) is 1. The molecule has 1 aromatic rings. The lowest BCUT2D eigenvalue weighted by Gasteiger charge is -2.35. The van der Waals surface area contributed by atoms with Crippen molar-refractivity contribution in [3.8, 4) is 0 Å². The van der Waals surface area contributed by atoms with Crippen LogP contribution in [0.2, 0.25) is 0 Å². The van der Waals surface area contributed by atoms with Crippen LogP contribution >= 0.6 is 0 Å². The fourth-order valence-electron chi connectivity index (χ4n) is 3.25. The predicted molar refractivity (Wildman–Crippen MR) is 76.0 cm³/mol. The number of rotatable bonds is 5. The second kappa shape index (κ2) is 6.20. The van der Waals surface area contributed by atoms with Gasteiger partial charge in [0.1, 0.15) is 0 Å². The molecule has 0 bridgehead atoms. The molecule has 0 saturated carbocycles. The maximum absolute atomic E-state index is 11.0. The summed E-state index contributed by atoms with van der Waals surface area (Å²) in [6.07, 6.45) is 2.37. The zero-order valence-electron chi connectivity index (χ0n) is 11.7. The Hall–Kier alpha value is -1.35. The number of carboxylic acid groups (broad SMARTS) is 1. The Morgan fingerprint density at radius 1 is 1.37 bits per heavy atom. The largest absolute Gasteiger partial charge is 0.481 e. The Morgan fingerprint density at radius 3 is 2.63 bits per heavy atom. The molecule has 1 aliphatic heterocycles. The van der Waals surface area contributed by atoms with E-state index in [0.717, 1.165) is 19.4 Å². The van der Waals surface area contributed by atoms with Crippen LogP contribution < -0.4 is 0 Å². The first-order chi connectivity index (χ1) is 9.09. The summed E-state index contributed by atoms with van der Waals surface area (Å²) >= 11 is 0. The summed E-state index contributed by atoms with van der Waals surface area (Å²) in [7, 11) is 0. The monoisotopic (exact) mass is 261 g/mol. The van der Waals surface area contributed by atoms with Gasteiger partial charge in [0.25, 0.3) is 0 Å². The second-order valence-electron chi connectivity index (χ2n) is 5.73. The lowest BCUT2D eigenvalue weighted by atomic mass is 9.93. The standard InChI is InChI=1S/C16H23NO2/c1-12(2)16(13-7-4-3-5-8-13)17-10-6-9-14(17)11-15(18)19/h3-5,7-8,12,14,16H,6,9-11H2,1-2H3,(H,18,19). The van der Waals surface area contributed by atoms with Crippen LogP contribution in [0.15, 0.2) is 30.3 Å². The zero-order valence-corrected chi connectivity index (χ0v) is 11.7. The fraction of sp³-hybridized carbons (Fsp3) is 0.562. The SMILES string of the molecule is CC(C)C(c1ccccc1)N1CCCC1CC(=O)O. The lowest BCUT2D eigenvalue weighted by molar-refractivity contribution is -0.138. The molecule has 1 saturated heterocycles. The van der Waals surface area contributed by atoms with Crippen molar-refractivity contribution in [3.05, 3.63) is 35.9 Å². The summed E-state index contributed by atoms with van der Waals surface area (Å²) in [5.74, 6) is -0.204. The van der Waals surface area contributed by atoms with Gasteiger partial charge in [-0.15, -0.1) is 0 Å². The number of hydrogen-bond donors (Lipinski definition) is 1. The number of hydrogen-bond acceptors (Lipinski definition) is 2.